The van der Waals surface area contributed by atoms with Crippen LogP contribution in [-0.2, 0) is 13.1 Å². The molecule has 0 radical (unpaired) electrons. The van der Waals surface area contributed by atoms with E-state index in [1.165, 1.54) is 4.57 Å². The van der Waals surface area contributed by atoms with E-state index >= 15 is 0 Å². The summed E-state index contributed by atoms with van der Waals surface area (Å²) in [5.74, 6) is 0.896. The number of benzene rings is 1. The van der Waals surface area contributed by atoms with Gasteiger partial charge in [-0.3, -0.25) is 14.3 Å². The predicted octanol–water partition coefficient (Wildman–Crippen LogP) is 1.83. The van der Waals surface area contributed by atoms with Crippen LogP contribution in [0.25, 0.3) is 0 Å². The van der Waals surface area contributed by atoms with Gasteiger partial charge in [-0.1, -0.05) is 25.5 Å². The van der Waals surface area contributed by atoms with Crippen LogP contribution >= 0.6 is 12.2 Å². The molecule has 152 valence electrons. The molecule has 2 rings (SSSR count). The van der Waals surface area contributed by atoms with Crippen LogP contribution in [0.4, 0.5) is 11.5 Å². The maximum Gasteiger partial charge on any atom is 0.330 e. The first-order valence-electron chi connectivity index (χ1n) is 9.23. The first-order valence-corrected chi connectivity index (χ1v) is 9.64. The highest BCUT2D eigenvalue weighted by Gasteiger charge is 2.20. The molecular formula is C19H27N5O3S. The van der Waals surface area contributed by atoms with Gasteiger partial charge in [0.05, 0.1) is 7.11 Å². The second-order valence-corrected chi connectivity index (χ2v) is 6.64. The summed E-state index contributed by atoms with van der Waals surface area (Å²) in [7, 11) is 1.61. The third-order valence-electron chi connectivity index (χ3n) is 4.38. The van der Waals surface area contributed by atoms with Crippen molar-refractivity contribution in [3.63, 3.8) is 0 Å². The van der Waals surface area contributed by atoms with Gasteiger partial charge in [-0.15, -0.1) is 0 Å². The van der Waals surface area contributed by atoms with Crippen LogP contribution in [0.1, 0.15) is 32.3 Å². The Kier molecular flexibility index (Phi) is 7.62. The Morgan fingerprint density at radius 3 is 2.54 bits per heavy atom. The van der Waals surface area contributed by atoms with E-state index in [1.807, 2.05) is 38.1 Å². The minimum absolute atomic E-state index is 0.123. The zero-order valence-corrected chi connectivity index (χ0v) is 17.3. The third kappa shape index (κ3) is 4.92. The van der Waals surface area contributed by atoms with Crippen molar-refractivity contribution in [2.45, 2.75) is 39.8 Å². The van der Waals surface area contributed by atoms with Crippen LogP contribution in [0, 0.1) is 0 Å². The SMILES string of the molecule is CCCCn1c(N)c(N(CC)C(=S)NCc2ccc(OC)cc2)c(=O)[nH]c1=O. The van der Waals surface area contributed by atoms with Crippen LogP contribution in [0.3, 0.4) is 0 Å². The van der Waals surface area contributed by atoms with Gasteiger partial charge >= 0.3 is 5.69 Å². The van der Waals surface area contributed by atoms with Crippen LogP contribution in [0.15, 0.2) is 33.9 Å². The van der Waals surface area contributed by atoms with Gasteiger partial charge in [-0.25, -0.2) is 4.79 Å². The highest BCUT2D eigenvalue weighted by molar-refractivity contribution is 7.80. The molecule has 0 atom stereocenters. The molecule has 28 heavy (non-hydrogen) atoms. The normalized spacial score (nSPS) is 10.5. The molecule has 0 bridgehead atoms. The molecule has 1 heterocycles. The average Bonchev–Trinajstić information content (AvgIpc) is 2.69. The molecule has 0 aliphatic rings. The minimum Gasteiger partial charge on any atom is -0.497 e. The molecule has 0 aliphatic carbocycles. The number of rotatable bonds is 8. The summed E-state index contributed by atoms with van der Waals surface area (Å²) < 4.78 is 6.53. The molecule has 1 aromatic carbocycles. The van der Waals surface area contributed by atoms with Crippen LogP contribution < -0.4 is 31.9 Å². The first kappa shape index (κ1) is 21.5. The number of aromatic nitrogens is 2. The number of hydrogen-bond donors (Lipinski definition) is 3. The van der Waals surface area contributed by atoms with Crippen LogP contribution in [0.5, 0.6) is 5.75 Å². The number of H-pyrrole nitrogens is 1. The molecule has 4 N–H and O–H groups in total. The molecule has 2 aromatic rings. The second-order valence-electron chi connectivity index (χ2n) is 6.25. The van der Waals surface area contributed by atoms with Crippen molar-refractivity contribution in [1.82, 2.24) is 14.9 Å². The first-order chi connectivity index (χ1) is 13.4. The molecule has 9 heteroatoms. The van der Waals surface area contributed by atoms with Gasteiger partial charge in [-0.2, -0.15) is 0 Å². The smallest absolute Gasteiger partial charge is 0.330 e. The number of nitrogens with two attached hydrogens (primary N) is 1. The molecular weight excluding hydrogens is 378 g/mol. The zero-order chi connectivity index (χ0) is 20.7. The monoisotopic (exact) mass is 405 g/mol. The van der Waals surface area contributed by atoms with E-state index in [9.17, 15) is 9.59 Å². The molecule has 0 unspecified atom stereocenters. The Hall–Kier alpha value is -2.81. The van der Waals surface area contributed by atoms with Crippen molar-refractivity contribution in [2.24, 2.45) is 0 Å². The number of nitrogens with zero attached hydrogens (tertiary/aromatic N) is 2. The Labute approximate surface area is 169 Å². The fraction of sp³-hybridized carbons (Fsp3) is 0.421. The summed E-state index contributed by atoms with van der Waals surface area (Å²) in [6, 6.07) is 7.58. The summed E-state index contributed by atoms with van der Waals surface area (Å²) in [5.41, 5.74) is 6.32. The molecule has 0 spiro atoms. The predicted molar refractivity (Wildman–Crippen MR) is 116 cm³/mol. The van der Waals surface area contributed by atoms with Crippen molar-refractivity contribution in [2.75, 3.05) is 24.3 Å². The standard InChI is InChI=1S/C19H27N5O3S/c1-4-6-11-24-16(20)15(17(25)22-18(24)26)23(5-2)19(28)21-12-13-7-9-14(27-3)10-8-13/h7-10H,4-6,11-12,20H2,1-3H3,(H,21,28)(H,22,25,26). The van der Waals surface area contributed by atoms with Crippen molar-refractivity contribution in [3.05, 3.63) is 50.7 Å². The lowest BCUT2D eigenvalue weighted by Gasteiger charge is -2.26. The molecule has 1 aromatic heterocycles. The maximum absolute atomic E-state index is 12.4. The molecule has 0 saturated carbocycles. The number of hydrogen-bond acceptors (Lipinski definition) is 5. The summed E-state index contributed by atoms with van der Waals surface area (Å²) in [4.78, 5) is 28.5. The third-order valence-corrected chi connectivity index (χ3v) is 4.75. The largest absolute Gasteiger partial charge is 0.497 e. The number of nitrogen functional groups attached to an aromatic ring is 1. The molecule has 0 fully saturated rings. The number of thiocarbonyl (C=S) groups is 1. The second kappa shape index (κ2) is 9.93. The van der Waals surface area contributed by atoms with Gasteiger partial charge in [0.2, 0.25) is 0 Å². The van der Waals surface area contributed by atoms with E-state index in [0.29, 0.717) is 24.7 Å². The summed E-state index contributed by atoms with van der Waals surface area (Å²) in [5, 5.41) is 3.50. The molecule has 0 aliphatic heterocycles. The van der Waals surface area contributed by atoms with E-state index < -0.39 is 11.2 Å². The van der Waals surface area contributed by atoms with Crippen molar-refractivity contribution >= 4 is 28.8 Å². The van der Waals surface area contributed by atoms with E-state index in [2.05, 4.69) is 10.3 Å². The highest BCUT2D eigenvalue weighted by Crippen LogP contribution is 2.17. The van der Waals surface area contributed by atoms with Crippen LogP contribution in [0.2, 0.25) is 0 Å². The number of nitrogens with one attached hydrogen (secondary N) is 2. The van der Waals surface area contributed by atoms with E-state index in [0.717, 1.165) is 24.2 Å². The topological polar surface area (TPSA) is 105 Å². The van der Waals surface area contributed by atoms with Gasteiger partial charge in [0.15, 0.2) is 10.8 Å². The number of unbranched alkanes of at least 4 members (excludes halogenated alkanes) is 1. The average molecular weight is 406 g/mol. The maximum atomic E-state index is 12.4. The Morgan fingerprint density at radius 2 is 1.96 bits per heavy atom. The number of anilines is 2. The number of aromatic amines is 1. The summed E-state index contributed by atoms with van der Waals surface area (Å²) in [6.07, 6.45) is 1.68. The van der Waals surface area contributed by atoms with E-state index in [1.54, 1.807) is 12.0 Å². The number of ether oxygens (including phenoxy) is 1. The Bertz CT molecular complexity index is 921. The van der Waals surface area contributed by atoms with Gasteiger partial charge in [0, 0.05) is 19.6 Å². The van der Waals surface area contributed by atoms with E-state index in [-0.39, 0.29) is 11.5 Å². The highest BCUT2D eigenvalue weighted by atomic mass is 32.1. The van der Waals surface area contributed by atoms with Gasteiger partial charge in [0.1, 0.15) is 11.6 Å². The lowest BCUT2D eigenvalue weighted by atomic mass is 10.2. The van der Waals surface area contributed by atoms with E-state index in [4.69, 9.17) is 22.7 Å². The number of methoxy groups -OCH3 is 1. The Morgan fingerprint density at radius 1 is 1.29 bits per heavy atom. The Balaban J connectivity index is 2.24. The van der Waals surface area contributed by atoms with Gasteiger partial charge < -0.3 is 20.7 Å². The van der Waals surface area contributed by atoms with Crippen LogP contribution in [-0.4, -0.2) is 28.3 Å². The summed E-state index contributed by atoms with van der Waals surface area (Å²) >= 11 is 5.48. The van der Waals surface area contributed by atoms with Crippen molar-refractivity contribution in [1.29, 1.82) is 0 Å². The van der Waals surface area contributed by atoms with Gasteiger partial charge in [0.25, 0.3) is 5.56 Å². The fourth-order valence-electron chi connectivity index (χ4n) is 2.80. The lowest BCUT2D eigenvalue weighted by Crippen LogP contribution is -2.45. The quantitative estimate of drug-likeness (QED) is 0.575. The fourth-order valence-corrected chi connectivity index (χ4v) is 3.09. The lowest BCUT2D eigenvalue weighted by molar-refractivity contribution is 0.414. The van der Waals surface area contributed by atoms with Gasteiger partial charge in [-0.05, 0) is 43.3 Å². The molecule has 8 nitrogen and oxygen atoms in total. The minimum atomic E-state index is -0.550. The van der Waals surface area contributed by atoms with Crippen molar-refractivity contribution < 1.29 is 4.74 Å². The summed E-state index contributed by atoms with van der Waals surface area (Å²) in [6.45, 7) is 5.22. The molecule has 0 saturated heterocycles. The molecule has 0 amide bonds. The van der Waals surface area contributed by atoms with Crippen molar-refractivity contribution in [3.8, 4) is 5.75 Å². The zero-order valence-electron chi connectivity index (χ0n) is 16.4.